The summed E-state index contributed by atoms with van der Waals surface area (Å²) in [6.07, 6.45) is 2.56. The van der Waals surface area contributed by atoms with Crippen LogP contribution in [0.1, 0.15) is 23.1 Å². The van der Waals surface area contributed by atoms with E-state index in [9.17, 15) is 0 Å². The Hall–Kier alpha value is -2.40. The molecule has 4 nitrogen and oxygen atoms in total. The Balaban J connectivity index is 1.38. The number of thiocarbonyl (C=S) groups is 1. The molecule has 0 unspecified atom stereocenters. The molecule has 2 aromatic rings. The van der Waals surface area contributed by atoms with Gasteiger partial charge in [0.1, 0.15) is 0 Å². The highest BCUT2D eigenvalue weighted by Crippen LogP contribution is 2.36. The molecular formula is C20H20N2O2S. The van der Waals surface area contributed by atoms with Crippen LogP contribution in [0.15, 0.2) is 47.5 Å². The maximum Gasteiger partial charge on any atom is 0.231 e. The SMILES string of the molecule is S=C(CC1=NCCc2cc3c(cc21)OCO3)NCCc1ccccc1. The van der Waals surface area contributed by atoms with Gasteiger partial charge in [0.05, 0.1) is 4.99 Å². The van der Waals surface area contributed by atoms with Crippen molar-refractivity contribution in [3.63, 3.8) is 0 Å². The monoisotopic (exact) mass is 352 g/mol. The lowest BCUT2D eigenvalue weighted by molar-refractivity contribution is 0.174. The Bertz CT molecular complexity index is 818. The Kier molecular flexibility index (Phi) is 4.65. The van der Waals surface area contributed by atoms with Gasteiger partial charge in [0, 0.05) is 30.8 Å². The standard InChI is InChI=1S/C20H20N2O2S/c25-20(22-8-6-14-4-2-1-3-5-14)12-17-16-11-19-18(23-13-24-19)10-15(16)7-9-21-17/h1-5,10-11H,6-9,12-13H2,(H,22,25). The van der Waals surface area contributed by atoms with Crippen LogP contribution in [0.5, 0.6) is 11.5 Å². The number of nitrogens with one attached hydrogen (secondary N) is 1. The van der Waals surface area contributed by atoms with Gasteiger partial charge in [0.15, 0.2) is 11.5 Å². The number of hydrogen-bond acceptors (Lipinski definition) is 4. The van der Waals surface area contributed by atoms with Crippen molar-refractivity contribution in [3.8, 4) is 11.5 Å². The van der Waals surface area contributed by atoms with Gasteiger partial charge in [-0.2, -0.15) is 0 Å². The molecule has 0 fully saturated rings. The number of hydrogen-bond donors (Lipinski definition) is 1. The molecule has 128 valence electrons. The van der Waals surface area contributed by atoms with Gasteiger partial charge in [-0.1, -0.05) is 42.5 Å². The van der Waals surface area contributed by atoms with Crippen LogP contribution in [-0.2, 0) is 12.8 Å². The van der Waals surface area contributed by atoms with E-state index in [-0.39, 0.29) is 0 Å². The van der Waals surface area contributed by atoms with E-state index in [1.807, 2.05) is 12.1 Å². The Labute approximate surface area is 152 Å². The zero-order chi connectivity index (χ0) is 17.1. The molecule has 0 radical (unpaired) electrons. The van der Waals surface area contributed by atoms with Crippen LogP contribution < -0.4 is 14.8 Å². The summed E-state index contributed by atoms with van der Waals surface area (Å²) in [5.74, 6) is 1.64. The van der Waals surface area contributed by atoms with Gasteiger partial charge in [-0.15, -0.1) is 0 Å². The van der Waals surface area contributed by atoms with Gasteiger partial charge in [0.2, 0.25) is 6.79 Å². The van der Waals surface area contributed by atoms with Gasteiger partial charge >= 0.3 is 0 Å². The molecule has 2 aliphatic heterocycles. The minimum atomic E-state index is 0.296. The molecule has 0 aromatic heterocycles. The third-order valence-electron chi connectivity index (χ3n) is 4.50. The smallest absolute Gasteiger partial charge is 0.231 e. The highest BCUT2D eigenvalue weighted by atomic mass is 32.1. The minimum Gasteiger partial charge on any atom is -0.454 e. The van der Waals surface area contributed by atoms with Crippen molar-refractivity contribution in [3.05, 3.63) is 59.2 Å². The highest BCUT2D eigenvalue weighted by Gasteiger charge is 2.22. The second-order valence-electron chi connectivity index (χ2n) is 6.20. The summed E-state index contributed by atoms with van der Waals surface area (Å²) in [5, 5.41) is 3.36. The molecule has 0 saturated heterocycles. The second kappa shape index (κ2) is 7.23. The van der Waals surface area contributed by atoms with E-state index in [2.05, 4.69) is 35.6 Å². The third kappa shape index (κ3) is 3.66. The van der Waals surface area contributed by atoms with Crippen LogP contribution in [0.3, 0.4) is 0 Å². The molecule has 0 spiro atoms. The van der Waals surface area contributed by atoms with Gasteiger partial charge < -0.3 is 14.8 Å². The first-order chi connectivity index (χ1) is 12.3. The molecule has 4 rings (SSSR count). The largest absolute Gasteiger partial charge is 0.454 e. The van der Waals surface area contributed by atoms with Crippen LogP contribution in [-0.4, -0.2) is 30.6 Å². The van der Waals surface area contributed by atoms with Crippen LogP contribution in [0, 0.1) is 0 Å². The van der Waals surface area contributed by atoms with Crippen molar-refractivity contribution in [2.24, 2.45) is 4.99 Å². The third-order valence-corrected chi connectivity index (χ3v) is 4.79. The van der Waals surface area contributed by atoms with E-state index in [1.54, 1.807) is 0 Å². The molecule has 1 N–H and O–H groups in total. The van der Waals surface area contributed by atoms with Gasteiger partial charge in [-0.3, -0.25) is 4.99 Å². The lowest BCUT2D eigenvalue weighted by Gasteiger charge is -2.18. The summed E-state index contributed by atoms with van der Waals surface area (Å²) < 4.78 is 11.0. The maximum atomic E-state index is 5.53. The van der Waals surface area contributed by atoms with E-state index >= 15 is 0 Å². The number of rotatable bonds is 5. The predicted molar refractivity (Wildman–Crippen MR) is 103 cm³/mol. The van der Waals surface area contributed by atoms with Gasteiger partial charge in [-0.05, 0) is 36.1 Å². The average molecular weight is 352 g/mol. The molecule has 2 heterocycles. The summed E-state index contributed by atoms with van der Waals surface area (Å²) in [7, 11) is 0. The lowest BCUT2D eigenvalue weighted by atomic mass is 9.95. The molecule has 2 aliphatic rings. The fraction of sp³-hybridized carbons (Fsp3) is 0.300. The van der Waals surface area contributed by atoms with Gasteiger partial charge in [0.25, 0.3) is 0 Å². The first-order valence-electron chi connectivity index (χ1n) is 8.56. The molecule has 2 aromatic carbocycles. The number of ether oxygens (including phenoxy) is 2. The second-order valence-corrected chi connectivity index (χ2v) is 6.70. The van der Waals surface area contributed by atoms with E-state index in [4.69, 9.17) is 26.7 Å². The highest BCUT2D eigenvalue weighted by molar-refractivity contribution is 7.80. The molecule has 25 heavy (non-hydrogen) atoms. The van der Waals surface area contributed by atoms with E-state index in [0.29, 0.717) is 13.2 Å². The van der Waals surface area contributed by atoms with Crippen LogP contribution in [0.2, 0.25) is 0 Å². The topological polar surface area (TPSA) is 42.9 Å². The lowest BCUT2D eigenvalue weighted by Crippen LogP contribution is -2.27. The Morgan fingerprint density at radius 3 is 2.76 bits per heavy atom. The van der Waals surface area contributed by atoms with Crippen LogP contribution in [0.4, 0.5) is 0 Å². The molecule has 0 saturated carbocycles. The Morgan fingerprint density at radius 2 is 1.92 bits per heavy atom. The van der Waals surface area contributed by atoms with E-state index in [1.165, 1.54) is 11.1 Å². The predicted octanol–water partition coefficient (Wildman–Crippen LogP) is 3.31. The fourth-order valence-electron chi connectivity index (χ4n) is 3.21. The van der Waals surface area contributed by atoms with Crippen LogP contribution in [0.25, 0.3) is 0 Å². The molecule has 0 amide bonds. The molecule has 5 heteroatoms. The molecule has 0 aliphatic carbocycles. The normalized spacial score (nSPS) is 14.6. The summed E-state index contributed by atoms with van der Waals surface area (Å²) in [6, 6.07) is 14.5. The zero-order valence-corrected chi connectivity index (χ0v) is 14.8. The van der Waals surface area contributed by atoms with Crippen molar-refractivity contribution in [2.45, 2.75) is 19.3 Å². The molecule has 0 bridgehead atoms. The van der Waals surface area contributed by atoms with Crippen LogP contribution >= 0.6 is 12.2 Å². The van der Waals surface area contributed by atoms with E-state index < -0.39 is 0 Å². The van der Waals surface area contributed by atoms with Crippen molar-refractivity contribution in [2.75, 3.05) is 19.9 Å². The molecular weight excluding hydrogens is 332 g/mol. The molecule has 0 atom stereocenters. The van der Waals surface area contributed by atoms with Crippen molar-refractivity contribution < 1.29 is 9.47 Å². The first kappa shape index (κ1) is 16.1. The van der Waals surface area contributed by atoms with Crippen molar-refractivity contribution in [1.29, 1.82) is 0 Å². The van der Waals surface area contributed by atoms with Crippen molar-refractivity contribution >= 4 is 22.9 Å². The average Bonchev–Trinajstić information content (AvgIpc) is 3.08. The summed E-state index contributed by atoms with van der Waals surface area (Å²) in [4.78, 5) is 5.53. The number of fused-ring (bicyclic) bond motifs is 2. The maximum absolute atomic E-state index is 5.53. The summed E-state index contributed by atoms with van der Waals surface area (Å²) in [6.45, 7) is 1.93. The van der Waals surface area contributed by atoms with E-state index in [0.717, 1.165) is 53.7 Å². The number of benzene rings is 2. The summed E-state index contributed by atoms with van der Waals surface area (Å²) >= 11 is 5.53. The number of aliphatic imine (C=N–C) groups is 1. The quantitative estimate of drug-likeness (QED) is 0.839. The van der Waals surface area contributed by atoms with Crippen molar-refractivity contribution in [1.82, 2.24) is 5.32 Å². The fourth-order valence-corrected chi connectivity index (χ4v) is 3.45. The Morgan fingerprint density at radius 1 is 1.12 bits per heavy atom. The number of nitrogens with zero attached hydrogens (tertiary/aromatic N) is 1. The minimum absolute atomic E-state index is 0.296. The summed E-state index contributed by atoms with van der Waals surface area (Å²) in [5.41, 5.74) is 4.76. The van der Waals surface area contributed by atoms with Gasteiger partial charge in [-0.25, -0.2) is 0 Å². The zero-order valence-electron chi connectivity index (χ0n) is 14.0. The first-order valence-corrected chi connectivity index (χ1v) is 8.97.